The number of carbonyl (C=O) groups excluding carboxylic acids is 1. The van der Waals surface area contributed by atoms with Crippen LogP contribution in [0.1, 0.15) is 39.0 Å². The van der Waals surface area contributed by atoms with Gasteiger partial charge in [0.05, 0.1) is 6.04 Å². The van der Waals surface area contributed by atoms with Crippen LogP contribution in [0.4, 0.5) is 0 Å². The molecule has 2 heterocycles. The minimum absolute atomic E-state index is 0.115. The zero-order valence-corrected chi connectivity index (χ0v) is 8.96. The Hall–Kier alpha value is -0.570. The molecule has 0 radical (unpaired) electrons. The molecule has 14 heavy (non-hydrogen) atoms. The van der Waals surface area contributed by atoms with Gasteiger partial charge in [0, 0.05) is 12.6 Å². The number of likely N-dealkylation sites (tertiary alicyclic amines) is 1. The maximum absolute atomic E-state index is 12.1. The normalized spacial score (nSPS) is 33.4. The fourth-order valence-electron chi connectivity index (χ4n) is 2.52. The molecule has 1 amide bonds. The third-order valence-electron chi connectivity index (χ3n) is 3.44. The first kappa shape index (κ1) is 9.97. The Bertz CT molecular complexity index is 211. The molecule has 2 aliphatic rings. The lowest BCUT2D eigenvalue weighted by Gasteiger charge is -2.29. The minimum Gasteiger partial charge on any atom is -0.339 e. The zero-order chi connectivity index (χ0) is 9.97. The van der Waals surface area contributed by atoms with E-state index in [1.165, 1.54) is 25.7 Å². The van der Waals surface area contributed by atoms with Crippen LogP contribution in [0.2, 0.25) is 0 Å². The summed E-state index contributed by atoms with van der Waals surface area (Å²) < 4.78 is 0. The lowest BCUT2D eigenvalue weighted by molar-refractivity contribution is -0.134. The summed E-state index contributed by atoms with van der Waals surface area (Å²) in [7, 11) is 0. The molecule has 2 aliphatic heterocycles. The van der Waals surface area contributed by atoms with Crippen LogP contribution in [0, 0.1) is 0 Å². The average Bonchev–Trinajstić information content (AvgIpc) is 2.65. The van der Waals surface area contributed by atoms with Crippen molar-refractivity contribution in [1.82, 2.24) is 10.2 Å². The van der Waals surface area contributed by atoms with Crippen molar-refractivity contribution < 1.29 is 4.79 Å². The van der Waals surface area contributed by atoms with Gasteiger partial charge in [0.25, 0.3) is 0 Å². The molecule has 0 aromatic carbocycles. The Labute approximate surface area is 85.8 Å². The Kier molecular flexibility index (Phi) is 3.06. The van der Waals surface area contributed by atoms with E-state index in [9.17, 15) is 4.79 Å². The van der Waals surface area contributed by atoms with Crippen LogP contribution in [0.25, 0.3) is 0 Å². The number of rotatable bonds is 1. The maximum atomic E-state index is 12.1. The summed E-state index contributed by atoms with van der Waals surface area (Å²) >= 11 is 0. The van der Waals surface area contributed by atoms with Gasteiger partial charge >= 0.3 is 0 Å². The summed E-state index contributed by atoms with van der Waals surface area (Å²) in [5.74, 6) is 0.342. The molecule has 2 saturated heterocycles. The first-order chi connectivity index (χ1) is 6.79. The second-order valence-corrected chi connectivity index (χ2v) is 4.53. The number of piperidine rings is 1. The van der Waals surface area contributed by atoms with Crippen molar-refractivity contribution in [2.24, 2.45) is 0 Å². The molecule has 80 valence electrons. The first-order valence-corrected chi connectivity index (χ1v) is 5.83. The number of nitrogens with zero attached hydrogens (tertiary/aromatic N) is 1. The summed E-state index contributed by atoms with van der Waals surface area (Å²) in [6.45, 7) is 4.14. The van der Waals surface area contributed by atoms with Crippen LogP contribution >= 0.6 is 0 Å². The molecule has 3 nitrogen and oxygen atoms in total. The van der Waals surface area contributed by atoms with Crippen molar-refractivity contribution in [3.05, 3.63) is 0 Å². The Morgan fingerprint density at radius 3 is 2.71 bits per heavy atom. The molecular formula is C11H20N2O. The van der Waals surface area contributed by atoms with Crippen molar-refractivity contribution >= 4 is 5.91 Å². The van der Waals surface area contributed by atoms with E-state index in [4.69, 9.17) is 0 Å². The summed E-state index contributed by atoms with van der Waals surface area (Å²) in [6, 6.07) is 0.579. The summed E-state index contributed by atoms with van der Waals surface area (Å²) in [5, 5.41) is 3.33. The van der Waals surface area contributed by atoms with E-state index in [0.29, 0.717) is 11.9 Å². The second kappa shape index (κ2) is 4.30. The van der Waals surface area contributed by atoms with Crippen LogP contribution in [0.3, 0.4) is 0 Å². The van der Waals surface area contributed by atoms with Crippen LogP contribution in [0.5, 0.6) is 0 Å². The molecule has 2 rings (SSSR count). The van der Waals surface area contributed by atoms with Crippen LogP contribution < -0.4 is 5.32 Å². The highest BCUT2D eigenvalue weighted by molar-refractivity contribution is 5.82. The van der Waals surface area contributed by atoms with Crippen LogP contribution in [0.15, 0.2) is 0 Å². The van der Waals surface area contributed by atoms with Crippen molar-refractivity contribution in [3.8, 4) is 0 Å². The number of hydrogen-bond donors (Lipinski definition) is 1. The fourth-order valence-corrected chi connectivity index (χ4v) is 2.52. The Morgan fingerprint density at radius 2 is 2.14 bits per heavy atom. The van der Waals surface area contributed by atoms with Gasteiger partial charge in [0.15, 0.2) is 0 Å². The first-order valence-electron chi connectivity index (χ1n) is 5.83. The van der Waals surface area contributed by atoms with Gasteiger partial charge in [-0.3, -0.25) is 4.79 Å². The SMILES string of the molecule is CC1CCCN1C(=O)C1CCCCN1. The van der Waals surface area contributed by atoms with Gasteiger partial charge in [-0.05, 0) is 39.2 Å². The summed E-state index contributed by atoms with van der Waals surface area (Å²) in [6.07, 6.45) is 5.81. The van der Waals surface area contributed by atoms with Crippen molar-refractivity contribution in [2.75, 3.05) is 13.1 Å². The average molecular weight is 196 g/mol. The molecule has 0 aromatic rings. The number of carbonyl (C=O) groups is 1. The minimum atomic E-state index is 0.115. The third-order valence-corrected chi connectivity index (χ3v) is 3.44. The lowest BCUT2D eigenvalue weighted by atomic mass is 10.0. The molecule has 0 aromatic heterocycles. The van der Waals surface area contributed by atoms with Crippen molar-refractivity contribution in [3.63, 3.8) is 0 Å². The fraction of sp³-hybridized carbons (Fsp3) is 0.909. The molecule has 2 atom stereocenters. The molecule has 0 bridgehead atoms. The predicted molar refractivity (Wildman–Crippen MR) is 56.1 cm³/mol. The van der Waals surface area contributed by atoms with E-state index in [-0.39, 0.29) is 6.04 Å². The largest absolute Gasteiger partial charge is 0.339 e. The summed E-state index contributed by atoms with van der Waals surface area (Å²) in [4.78, 5) is 14.1. The highest BCUT2D eigenvalue weighted by Gasteiger charge is 2.30. The van der Waals surface area contributed by atoms with E-state index >= 15 is 0 Å². The van der Waals surface area contributed by atoms with E-state index < -0.39 is 0 Å². The summed E-state index contributed by atoms with van der Waals surface area (Å²) in [5.41, 5.74) is 0. The van der Waals surface area contributed by atoms with Gasteiger partial charge in [-0.15, -0.1) is 0 Å². The molecular weight excluding hydrogens is 176 g/mol. The highest BCUT2D eigenvalue weighted by Crippen LogP contribution is 2.19. The molecule has 0 spiro atoms. The van der Waals surface area contributed by atoms with Gasteiger partial charge < -0.3 is 10.2 Å². The topological polar surface area (TPSA) is 32.3 Å². The zero-order valence-electron chi connectivity index (χ0n) is 8.96. The molecule has 2 unspecified atom stereocenters. The molecule has 1 N–H and O–H groups in total. The van der Waals surface area contributed by atoms with Gasteiger partial charge in [-0.2, -0.15) is 0 Å². The van der Waals surface area contributed by atoms with Gasteiger partial charge in [-0.25, -0.2) is 0 Å². The van der Waals surface area contributed by atoms with Crippen molar-refractivity contribution in [1.29, 1.82) is 0 Å². The van der Waals surface area contributed by atoms with Gasteiger partial charge in [0.1, 0.15) is 0 Å². The molecule has 0 aliphatic carbocycles. The second-order valence-electron chi connectivity index (χ2n) is 4.53. The lowest BCUT2D eigenvalue weighted by Crippen LogP contribution is -2.49. The number of nitrogens with one attached hydrogen (secondary N) is 1. The van der Waals surface area contributed by atoms with E-state index in [2.05, 4.69) is 17.1 Å². The Morgan fingerprint density at radius 1 is 1.29 bits per heavy atom. The monoisotopic (exact) mass is 196 g/mol. The van der Waals surface area contributed by atoms with E-state index in [0.717, 1.165) is 19.5 Å². The third kappa shape index (κ3) is 1.92. The molecule has 2 fully saturated rings. The van der Waals surface area contributed by atoms with Crippen molar-refractivity contribution in [2.45, 2.75) is 51.1 Å². The molecule has 0 saturated carbocycles. The maximum Gasteiger partial charge on any atom is 0.239 e. The van der Waals surface area contributed by atoms with Crippen LogP contribution in [-0.4, -0.2) is 36.0 Å². The van der Waals surface area contributed by atoms with E-state index in [1.807, 2.05) is 0 Å². The van der Waals surface area contributed by atoms with Crippen LogP contribution in [-0.2, 0) is 4.79 Å². The Balaban J connectivity index is 1.92. The standard InChI is InChI=1S/C11H20N2O/c1-9-5-4-8-13(9)11(14)10-6-2-3-7-12-10/h9-10,12H,2-8H2,1H3. The smallest absolute Gasteiger partial charge is 0.239 e. The highest BCUT2D eigenvalue weighted by atomic mass is 16.2. The molecule has 3 heteroatoms. The van der Waals surface area contributed by atoms with Gasteiger partial charge in [-0.1, -0.05) is 6.42 Å². The van der Waals surface area contributed by atoms with E-state index in [1.54, 1.807) is 0 Å². The predicted octanol–water partition coefficient (Wildman–Crippen LogP) is 1.14. The quantitative estimate of drug-likeness (QED) is 0.682. The van der Waals surface area contributed by atoms with Gasteiger partial charge in [0.2, 0.25) is 5.91 Å². The number of hydrogen-bond acceptors (Lipinski definition) is 2. The number of amides is 1.